The number of carbonyl (C=O) groups excluding carboxylic acids is 1. The molecule has 0 fully saturated rings. The van der Waals surface area contributed by atoms with Crippen LogP contribution < -0.4 is 10.5 Å². The summed E-state index contributed by atoms with van der Waals surface area (Å²) in [4.78, 5) is 28.7. The fraction of sp³-hybridized carbons (Fsp3) is 0.440. The minimum atomic E-state index is -0.388. The number of fused-ring (bicyclic) bond motifs is 1. The summed E-state index contributed by atoms with van der Waals surface area (Å²) in [7, 11) is 0. The number of carbonyl (C=O) groups is 1. The fourth-order valence-electron chi connectivity index (χ4n) is 3.92. The Bertz CT molecular complexity index is 1110. The first-order chi connectivity index (χ1) is 16.4. The van der Waals surface area contributed by atoms with Gasteiger partial charge >= 0.3 is 0 Å². The molecule has 1 aromatic heterocycles. The van der Waals surface area contributed by atoms with Crippen LogP contribution in [0.2, 0.25) is 0 Å². The van der Waals surface area contributed by atoms with E-state index >= 15 is 0 Å². The Morgan fingerprint density at radius 2 is 1.88 bits per heavy atom. The minimum Gasteiger partial charge on any atom is -0.494 e. The predicted octanol–water partition coefficient (Wildman–Crippen LogP) is 3.91. The number of non-ortho nitro benzene ring substituents is 1. The van der Waals surface area contributed by atoms with Gasteiger partial charge in [-0.1, -0.05) is 26.0 Å². The smallest absolute Gasteiger partial charge is 0.271 e. The third kappa shape index (κ3) is 6.77. The normalized spacial score (nSPS) is 11.3. The quantitative estimate of drug-likeness (QED) is 0.218. The highest BCUT2D eigenvalue weighted by Crippen LogP contribution is 2.24. The average molecular weight is 468 g/mol. The van der Waals surface area contributed by atoms with Crippen LogP contribution in [0.1, 0.15) is 44.5 Å². The van der Waals surface area contributed by atoms with Crippen LogP contribution in [0.4, 0.5) is 5.69 Å². The standard InChI is InChI=1S/C25H33N5O4/c1-3-28(4-2)14-15-29-23-13-10-20(30(32)33)18-22(23)27-25(29)17-19-8-11-21(12-9-19)34-16-6-5-7-24(26)31/h8-13,18H,3-7,14-17H2,1-2H3,(H2,26,31). The Kier molecular flexibility index (Phi) is 8.98. The van der Waals surface area contributed by atoms with Gasteiger partial charge in [-0.05, 0) is 49.7 Å². The van der Waals surface area contributed by atoms with Crippen molar-refractivity contribution in [3.8, 4) is 5.75 Å². The number of amides is 1. The highest BCUT2D eigenvalue weighted by atomic mass is 16.6. The number of nitro benzene ring substituents is 1. The maximum Gasteiger partial charge on any atom is 0.271 e. The molecule has 0 spiro atoms. The number of primary amides is 1. The molecule has 0 aliphatic carbocycles. The van der Waals surface area contributed by atoms with E-state index < -0.39 is 0 Å². The van der Waals surface area contributed by atoms with Gasteiger partial charge in [-0.15, -0.1) is 0 Å². The minimum absolute atomic E-state index is 0.0461. The van der Waals surface area contributed by atoms with E-state index in [0.29, 0.717) is 25.0 Å². The number of imidazole rings is 1. The predicted molar refractivity (Wildman–Crippen MR) is 132 cm³/mol. The molecule has 3 aromatic rings. The van der Waals surface area contributed by atoms with Crippen molar-refractivity contribution in [2.24, 2.45) is 5.73 Å². The molecule has 0 radical (unpaired) electrons. The van der Waals surface area contributed by atoms with Gasteiger partial charge in [0.15, 0.2) is 0 Å². The number of aromatic nitrogens is 2. The summed E-state index contributed by atoms with van der Waals surface area (Å²) in [6.45, 7) is 8.39. The van der Waals surface area contributed by atoms with Crippen LogP contribution in [0, 0.1) is 10.1 Å². The summed E-state index contributed by atoms with van der Waals surface area (Å²) < 4.78 is 7.91. The van der Waals surface area contributed by atoms with Crippen molar-refractivity contribution in [2.45, 2.75) is 46.1 Å². The van der Waals surface area contributed by atoms with Gasteiger partial charge in [0.1, 0.15) is 11.6 Å². The van der Waals surface area contributed by atoms with Crippen molar-refractivity contribution in [1.29, 1.82) is 0 Å². The molecule has 0 bridgehead atoms. The van der Waals surface area contributed by atoms with Crippen LogP contribution in [0.25, 0.3) is 11.0 Å². The Labute approximate surface area is 199 Å². The third-order valence-electron chi connectivity index (χ3n) is 5.93. The summed E-state index contributed by atoms with van der Waals surface area (Å²) in [6, 6.07) is 12.7. The van der Waals surface area contributed by atoms with E-state index in [0.717, 1.165) is 61.7 Å². The second-order valence-corrected chi connectivity index (χ2v) is 8.23. The molecule has 2 aromatic carbocycles. The molecule has 0 atom stereocenters. The molecule has 0 saturated heterocycles. The lowest BCUT2D eigenvalue weighted by atomic mass is 10.1. The number of nitrogens with two attached hydrogens (primary N) is 1. The highest BCUT2D eigenvalue weighted by Gasteiger charge is 2.16. The van der Waals surface area contributed by atoms with E-state index in [9.17, 15) is 14.9 Å². The maximum atomic E-state index is 11.2. The lowest BCUT2D eigenvalue weighted by molar-refractivity contribution is -0.384. The van der Waals surface area contributed by atoms with E-state index in [2.05, 4.69) is 23.3 Å². The van der Waals surface area contributed by atoms with Gasteiger partial charge in [0, 0.05) is 38.1 Å². The molecule has 0 aliphatic heterocycles. The van der Waals surface area contributed by atoms with Gasteiger partial charge < -0.3 is 19.9 Å². The number of nitrogens with zero attached hydrogens (tertiary/aromatic N) is 4. The van der Waals surface area contributed by atoms with Gasteiger partial charge in [-0.25, -0.2) is 4.98 Å². The van der Waals surface area contributed by atoms with Crippen LogP contribution in [-0.4, -0.2) is 51.5 Å². The molecule has 1 heterocycles. The highest BCUT2D eigenvalue weighted by molar-refractivity contribution is 5.79. The van der Waals surface area contributed by atoms with Crippen LogP contribution >= 0.6 is 0 Å². The van der Waals surface area contributed by atoms with E-state index in [1.54, 1.807) is 12.1 Å². The lowest BCUT2D eigenvalue weighted by Gasteiger charge is -2.19. The zero-order chi connectivity index (χ0) is 24.5. The number of ether oxygens (including phenoxy) is 1. The van der Waals surface area contributed by atoms with Crippen molar-refractivity contribution in [3.63, 3.8) is 0 Å². The Morgan fingerprint density at radius 3 is 2.53 bits per heavy atom. The van der Waals surface area contributed by atoms with Gasteiger partial charge in [0.2, 0.25) is 5.91 Å². The third-order valence-corrected chi connectivity index (χ3v) is 5.93. The van der Waals surface area contributed by atoms with Crippen molar-refractivity contribution < 1.29 is 14.5 Å². The van der Waals surface area contributed by atoms with Crippen LogP contribution in [0.15, 0.2) is 42.5 Å². The monoisotopic (exact) mass is 467 g/mol. The zero-order valence-electron chi connectivity index (χ0n) is 19.9. The van der Waals surface area contributed by atoms with E-state index in [1.807, 2.05) is 24.3 Å². The number of unbranched alkanes of at least 4 members (excludes halogenated alkanes) is 1. The maximum absolute atomic E-state index is 11.2. The molecule has 0 saturated carbocycles. The van der Waals surface area contributed by atoms with Crippen molar-refractivity contribution in [3.05, 3.63) is 64.0 Å². The van der Waals surface area contributed by atoms with E-state index in [-0.39, 0.29) is 16.5 Å². The summed E-state index contributed by atoms with van der Waals surface area (Å²) in [5.74, 6) is 1.36. The summed E-state index contributed by atoms with van der Waals surface area (Å²) in [5, 5.41) is 11.2. The lowest BCUT2D eigenvalue weighted by Crippen LogP contribution is -2.27. The van der Waals surface area contributed by atoms with Crippen molar-refractivity contribution >= 4 is 22.6 Å². The topological polar surface area (TPSA) is 117 Å². The first-order valence-electron chi connectivity index (χ1n) is 11.8. The number of nitro groups is 1. The molecule has 9 heteroatoms. The fourth-order valence-corrected chi connectivity index (χ4v) is 3.92. The second-order valence-electron chi connectivity index (χ2n) is 8.23. The largest absolute Gasteiger partial charge is 0.494 e. The molecule has 3 rings (SSSR count). The second kappa shape index (κ2) is 12.1. The molecular formula is C25H33N5O4. The first kappa shape index (κ1) is 25.2. The summed E-state index contributed by atoms with van der Waals surface area (Å²) >= 11 is 0. The number of hydrogen-bond donors (Lipinski definition) is 1. The van der Waals surface area contributed by atoms with Gasteiger partial charge in [0.05, 0.1) is 22.6 Å². The molecule has 0 unspecified atom stereocenters. The van der Waals surface area contributed by atoms with Gasteiger partial charge in [-0.2, -0.15) is 0 Å². The molecular weight excluding hydrogens is 434 g/mol. The van der Waals surface area contributed by atoms with Gasteiger partial charge in [-0.3, -0.25) is 14.9 Å². The number of rotatable bonds is 14. The number of benzene rings is 2. The van der Waals surface area contributed by atoms with Crippen molar-refractivity contribution in [1.82, 2.24) is 14.5 Å². The Hall–Kier alpha value is -3.46. The van der Waals surface area contributed by atoms with Crippen molar-refractivity contribution in [2.75, 3.05) is 26.2 Å². The zero-order valence-corrected chi connectivity index (χ0v) is 19.9. The molecule has 1 amide bonds. The Morgan fingerprint density at radius 1 is 1.15 bits per heavy atom. The van der Waals surface area contributed by atoms with Crippen LogP contribution in [-0.2, 0) is 17.8 Å². The van der Waals surface area contributed by atoms with Crippen LogP contribution in [0.3, 0.4) is 0 Å². The SMILES string of the molecule is CCN(CC)CCn1c(Cc2ccc(OCCCCC(N)=O)cc2)nc2cc([N+](=O)[O-])ccc21. The molecule has 9 nitrogen and oxygen atoms in total. The van der Waals surface area contributed by atoms with Gasteiger partial charge in [0.25, 0.3) is 5.69 Å². The van der Waals surface area contributed by atoms with E-state index in [1.165, 1.54) is 6.07 Å². The molecule has 182 valence electrons. The summed E-state index contributed by atoms with van der Waals surface area (Å²) in [5.41, 5.74) is 7.82. The summed E-state index contributed by atoms with van der Waals surface area (Å²) in [6.07, 6.45) is 2.48. The van der Waals surface area contributed by atoms with E-state index in [4.69, 9.17) is 15.5 Å². The first-order valence-corrected chi connectivity index (χ1v) is 11.8. The molecule has 2 N–H and O–H groups in total. The number of hydrogen-bond acceptors (Lipinski definition) is 6. The Balaban J connectivity index is 1.74. The molecule has 34 heavy (non-hydrogen) atoms. The molecule has 0 aliphatic rings. The average Bonchev–Trinajstić information content (AvgIpc) is 3.16. The van der Waals surface area contributed by atoms with Crippen LogP contribution in [0.5, 0.6) is 5.75 Å². The number of likely N-dealkylation sites (N-methyl/N-ethyl adjacent to an activating group) is 1.